The summed E-state index contributed by atoms with van der Waals surface area (Å²) in [6, 6.07) is 10.9. The largest absolute Gasteiger partial charge is 0.354 e. The molecule has 2 saturated heterocycles. The molecule has 0 aliphatic carbocycles. The summed E-state index contributed by atoms with van der Waals surface area (Å²) in [5, 5.41) is 3.47. The number of anilines is 3. The molecule has 2 fully saturated rings. The van der Waals surface area contributed by atoms with Crippen LogP contribution in [0.25, 0.3) is 0 Å². The van der Waals surface area contributed by atoms with Crippen LogP contribution < -0.4 is 10.2 Å². The number of likely N-dealkylation sites (tertiary alicyclic amines) is 1. The molecular formula is C23H34N6. The predicted octanol–water partition coefficient (Wildman–Crippen LogP) is 3.51. The Kier molecular flexibility index (Phi) is 6.31. The van der Waals surface area contributed by atoms with Gasteiger partial charge in [0.25, 0.3) is 0 Å². The van der Waals surface area contributed by atoms with Crippen molar-refractivity contribution in [3.8, 4) is 0 Å². The molecule has 0 atom stereocenters. The zero-order chi connectivity index (χ0) is 20.2. The Balaban J connectivity index is 1.38. The van der Waals surface area contributed by atoms with E-state index in [9.17, 15) is 0 Å². The molecule has 29 heavy (non-hydrogen) atoms. The molecule has 1 N–H and O–H groups in total. The minimum atomic E-state index is 0.805. The van der Waals surface area contributed by atoms with E-state index >= 15 is 0 Å². The Hall–Kier alpha value is -2.18. The molecule has 6 heteroatoms. The van der Waals surface area contributed by atoms with Crippen LogP contribution in [-0.2, 0) is 6.54 Å². The average molecular weight is 395 g/mol. The van der Waals surface area contributed by atoms with Crippen LogP contribution >= 0.6 is 0 Å². The van der Waals surface area contributed by atoms with E-state index in [1.807, 2.05) is 6.92 Å². The molecule has 156 valence electrons. The second-order valence-electron chi connectivity index (χ2n) is 8.73. The quantitative estimate of drug-likeness (QED) is 0.837. The van der Waals surface area contributed by atoms with Crippen molar-refractivity contribution >= 4 is 17.3 Å². The van der Waals surface area contributed by atoms with Gasteiger partial charge in [-0.15, -0.1) is 0 Å². The highest BCUT2D eigenvalue weighted by molar-refractivity contribution is 5.60. The first kappa shape index (κ1) is 20.1. The van der Waals surface area contributed by atoms with Gasteiger partial charge in [-0.05, 0) is 63.5 Å². The molecule has 0 unspecified atom stereocenters. The van der Waals surface area contributed by atoms with Crippen molar-refractivity contribution in [3.05, 3.63) is 41.7 Å². The number of piperazine rings is 1. The molecule has 1 aromatic carbocycles. The fourth-order valence-electron chi connectivity index (χ4n) is 4.13. The predicted molar refractivity (Wildman–Crippen MR) is 120 cm³/mol. The lowest BCUT2D eigenvalue weighted by molar-refractivity contribution is 0.185. The van der Waals surface area contributed by atoms with E-state index in [4.69, 9.17) is 0 Å². The van der Waals surface area contributed by atoms with Crippen molar-refractivity contribution in [1.82, 2.24) is 19.8 Å². The number of likely N-dealkylation sites (N-methyl/N-ethyl adjacent to an activating group) is 1. The maximum Gasteiger partial charge on any atom is 0.136 e. The summed E-state index contributed by atoms with van der Waals surface area (Å²) >= 11 is 0. The average Bonchev–Trinajstić information content (AvgIpc) is 2.71. The van der Waals surface area contributed by atoms with Crippen LogP contribution in [0.1, 0.15) is 31.2 Å². The molecule has 4 rings (SSSR count). The first-order chi connectivity index (χ1) is 14.0. The van der Waals surface area contributed by atoms with Gasteiger partial charge in [-0.3, -0.25) is 4.90 Å². The van der Waals surface area contributed by atoms with Crippen molar-refractivity contribution in [2.75, 3.05) is 56.5 Å². The molecule has 0 saturated carbocycles. The van der Waals surface area contributed by atoms with Crippen LogP contribution in [0.4, 0.5) is 17.3 Å². The van der Waals surface area contributed by atoms with Gasteiger partial charge in [-0.25, -0.2) is 9.97 Å². The molecule has 2 aromatic rings. The van der Waals surface area contributed by atoms with Crippen LogP contribution in [0, 0.1) is 12.8 Å². The van der Waals surface area contributed by atoms with Crippen molar-refractivity contribution in [3.63, 3.8) is 0 Å². The van der Waals surface area contributed by atoms with Gasteiger partial charge < -0.3 is 15.1 Å². The third-order valence-corrected chi connectivity index (χ3v) is 6.16. The van der Waals surface area contributed by atoms with Gasteiger partial charge in [0.2, 0.25) is 0 Å². The van der Waals surface area contributed by atoms with Crippen LogP contribution in [0.2, 0.25) is 0 Å². The second kappa shape index (κ2) is 9.09. The van der Waals surface area contributed by atoms with Crippen LogP contribution in [0.15, 0.2) is 30.3 Å². The Labute approximate surface area is 174 Å². The number of nitrogens with zero attached hydrogens (tertiary/aromatic N) is 5. The van der Waals surface area contributed by atoms with E-state index < -0.39 is 0 Å². The molecule has 6 nitrogen and oxygen atoms in total. The molecule has 0 radical (unpaired) electrons. The summed E-state index contributed by atoms with van der Waals surface area (Å²) in [7, 11) is 2.17. The standard InChI is InChI=1S/C23H34N6/c1-18-8-10-28(11-9-18)17-20-4-6-21(7-5-20)26-22-16-23(25-19(2)24-22)29-14-12-27(3)13-15-29/h4-7,16,18H,8-15,17H2,1-3H3,(H,24,25,26). The molecule has 1 aromatic heterocycles. The van der Waals surface area contributed by atoms with E-state index in [0.717, 1.165) is 61.8 Å². The number of hydrogen-bond acceptors (Lipinski definition) is 6. The lowest BCUT2D eigenvalue weighted by atomic mass is 9.99. The third kappa shape index (κ3) is 5.46. The van der Waals surface area contributed by atoms with Crippen molar-refractivity contribution in [2.24, 2.45) is 5.92 Å². The Bertz CT molecular complexity index is 790. The van der Waals surface area contributed by atoms with Crippen molar-refractivity contribution < 1.29 is 0 Å². The first-order valence-electron chi connectivity index (χ1n) is 10.9. The van der Waals surface area contributed by atoms with E-state index in [1.54, 1.807) is 0 Å². The zero-order valence-corrected chi connectivity index (χ0v) is 18.1. The molecule has 2 aliphatic heterocycles. The van der Waals surface area contributed by atoms with Gasteiger partial charge in [-0.2, -0.15) is 0 Å². The molecule has 0 bridgehead atoms. The number of nitrogens with one attached hydrogen (secondary N) is 1. The minimum absolute atomic E-state index is 0.805. The smallest absolute Gasteiger partial charge is 0.136 e. The third-order valence-electron chi connectivity index (χ3n) is 6.16. The molecule has 0 spiro atoms. The number of rotatable bonds is 5. The maximum atomic E-state index is 4.66. The van der Waals surface area contributed by atoms with Gasteiger partial charge in [-0.1, -0.05) is 19.1 Å². The summed E-state index contributed by atoms with van der Waals surface area (Å²) in [4.78, 5) is 16.5. The number of aromatic nitrogens is 2. The highest BCUT2D eigenvalue weighted by Crippen LogP contribution is 2.22. The molecule has 2 aliphatic rings. The second-order valence-corrected chi connectivity index (χ2v) is 8.73. The lowest BCUT2D eigenvalue weighted by Gasteiger charge is -2.33. The van der Waals surface area contributed by atoms with E-state index in [1.165, 1.54) is 31.5 Å². The SMILES string of the molecule is Cc1nc(Nc2ccc(CN3CCC(C)CC3)cc2)cc(N2CCN(C)CC2)n1. The summed E-state index contributed by atoms with van der Waals surface area (Å²) in [6.45, 7) is 12.0. The fraction of sp³-hybridized carbons (Fsp3) is 0.565. The summed E-state index contributed by atoms with van der Waals surface area (Å²) < 4.78 is 0. The fourth-order valence-corrected chi connectivity index (χ4v) is 4.13. The number of benzene rings is 1. The minimum Gasteiger partial charge on any atom is -0.354 e. The van der Waals surface area contributed by atoms with Gasteiger partial charge in [0, 0.05) is 44.5 Å². The number of hydrogen-bond donors (Lipinski definition) is 1. The Morgan fingerprint density at radius 3 is 2.34 bits per heavy atom. The summed E-state index contributed by atoms with van der Waals surface area (Å²) in [5.41, 5.74) is 2.45. The molecular weight excluding hydrogens is 360 g/mol. The highest BCUT2D eigenvalue weighted by atomic mass is 15.3. The van der Waals surface area contributed by atoms with Gasteiger partial charge in [0.05, 0.1) is 0 Å². The summed E-state index contributed by atoms with van der Waals surface area (Å²) in [5.74, 6) is 3.57. The maximum absolute atomic E-state index is 4.66. The Morgan fingerprint density at radius 2 is 1.66 bits per heavy atom. The zero-order valence-electron chi connectivity index (χ0n) is 18.1. The van der Waals surface area contributed by atoms with Gasteiger partial charge >= 0.3 is 0 Å². The van der Waals surface area contributed by atoms with E-state index in [2.05, 4.69) is 74.3 Å². The highest BCUT2D eigenvalue weighted by Gasteiger charge is 2.17. The van der Waals surface area contributed by atoms with E-state index in [0.29, 0.717) is 0 Å². The van der Waals surface area contributed by atoms with Crippen molar-refractivity contribution in [1.29, 1.82) is 0 Å². The monoisotopic (exact) mass is 394 g/mol. The number of piperidine rings is 1. The first-order valence-corrected chi connectivity index (χ1v) is 10.9. The summed E-state index contributed by atoms with van der Waals surface area (Å²) in [6.07, 6.45) is 2.64. The lowest BCUT2D eigenvalue weighted by Crippen LogP contribution is -2.44. The van der Waals surface area contributed by atoms with Crippen LogP contribution in [0.5, 0.6) is 0 Å². The topological polar surface area (TPSA) is 47.5 Å². The van der Waals surface area contributed by atoms with Gasteiger partial charge in [0.1, 0.15) is 17.5 Å². The molecule has 0 amide bonds. The molecule has 3 heterocycles. The van der Waals surface area contributed by atoms with Crippen molar-refractivity contribution in [2.45, 2.75) is 33.2 Å². The van der Waals surface area contributed by atoms with E-state index in [-0.39, 0.29) is 0 Å². The number of aryl methyl sites for hydroxylation is 1. The van der Waals surface area contributed by atoms with Gasteiger partial charge in [0.15, 0.2) is 0 Å². The normalized spacial score (nSPS) is 19.5. The van der Waals surface area contributed by atoms with Crippen LogP contribution in [-0.4, -0.2) is 66.1 Å². The van der Waals surface area contributed by atoms with Crippen LogP contribution in [0.3, 0.4) is 0 Å². The Morgan fingerprint density at radius 1 is 0.966 bits per heavy atom.